The van der Waals surface area contributed by atoms with Crippen molar-refractivity contribution < 1.29 is 10.2 Å². The molecule has 2 aromatic rings. The van der Waals surface area contributed by atoms with Gasteiger partial charge >= 0.3 is 0 Å². The Morgan fingerprint density at radius 2 is 2.08 bits per heavy atom. The van der Waals surface area contributed by atoms with Crippen LogP contribution in [0.2, 0.25) is 5.02 Å². The molecule has 128 valence electrons. The van der Waals surface area contributed by atoms with Gasteiger partial charge in [-0.3, -0.25) is 4.57 Å². The molecule has 2 N–H and O–H groups in total. The Morgan fingerprint density at radius 3 is 2.79 bits per heavy atom. The monoisotopic (exact) mass is 364 g/mol. The first-order chi connectivity index (χ1) is 11.5. The van der Waals surface area contributed by atoms with Gasteiger partial charge in [-0.15, -0.1) is 8.58 Å². The molecule has 0 aliphatic heterocycles. The fraction of sp³-hybridized carbons (Fsp3) is 0.333. The first-order valence-corrected chi connectivity index (χ1v) is 9.87. The number of fused-ring (bicyclic) bond motifs is 1. The Bertz CT molecular complexity index is 786. The van der Waals surface area contributed by atoms with E-state index < -0.39 is 0 Å². The van der Waals surface area contributed by atoms with E-state index in [9.17, 15) is 10.2 Å². The highest BCUT2D eigenvalue weighted by Gasteiger charge is 2.23. The van der Waals surface area contributed by atoms with E-state index in [0.717, 1.165) is 45.1 Å². The van der Waals surface area contributed by atoms with Crippen molar-refractivity contribution in [2.75, 3.05) is 24.4 Å². The number of rotatable bonds is 5. The molecule has 1 aromatic heterocycles. The molecule has 0 fully saturated rings. The Kier molecular flexibility index (Phi) is 5.07. The van der Waals surface area contributed by atoms with E-state index in [2.05, 4.69) is 11.8 Å². The first kappa shape index (κ1) is 17.2. The first-order valence-electron chi connectivity index (χ1n) is 8.08. The van der Waals surface area contributed by atoms with Gasteiger partial charge in [-0.1, -0.05) is 30.7 Å². The smallest absolute Gasteiger partial charge is 0.206 e. The van der Waals surface area contributed by atoms with Gasteiger partial charge in [0.05, 0.1) is 16.4 Å². The number of hydrogen-bond donors (Lipinski definition) is 2. The maximum atomic E-state index is 10.6. The zero-order chi connectivity index (χ0) is 17.3. The van der Waals surface area contributed by atoms with Crippen LogP contribution in [0.1, 0.15) is 24.5 Å². The van der Waals surface area contributed by atoms with Gasteiger partial charge in [-0.05, 0) is 37.2 Å². The second-order valence-electron chi connectivity index (χ2n) is 5.91. The van der Waals surface area contributed by atoms with Crippen LogP contribution >= 0.6 is 20.2 Å². The molecule has 1 unspecified atom stereocenters. The summed E-state index contributed by atoms with van der Waals surface area (Å²) in [6, 6.07) is 5.54. The van der Waals surface area contributed by atoms with Crippen LogP contribution in [0.15, 0.2) is 24.3 Å². The predicted octanol–water partition coefficient (Wildman–Crippen LogP) is 4.59. The summed E-state index contributed by atoms with van der Waals surface area (Å²) in [5.74, 6) is 0.183. The Labute approximate surface area is 149 Å². The van der Waals surface area contributed by atoms with Gasteiger partial charge in [0.25, 0.3) is 0 Å². The third-order valence-electron chi connectivity index (χ3n) is 4.30. The summed E-state index contributed by atoms with van der Waals surface area (Å²) < 4.78 is 1.50. The normalized spacial score (nSPS) is 13.6. The quantitative estimate of drug-likeness (QED) is 0.763. The lowest BCUT2D eigenvalue weighted by Crippen LogP contribution is -2.16. The van der Waals surface area contributed by atoms with E-state index in [1.165, 1.54) is 4.57 Å². The van der Waals surface area contributed by atoms with E-state index >= 15 is 0 Å². The molecule has 1 aliphatic carbocycles. The highest BCUT2D eigenvalue weighted by Crippen LogP contribution is 2.41. The van der Waals surface area contributed by atoms with E-state index in [1.54, 1.807) is 0 Å². The maximum absolute atomic E-state index is 10.6. The third-order valence-corrected chi connectivity index (χ3v) is 5.82. The van der Waals surface area contributed by atoms with Gasteiger partial charge in [0, 0.05) is 24.5 Å². The molecular weight excluding hydrogens is 343 g/mol. The molecule has 6 heteroatoms. The van der Waals surface area contributed by atoms with Crippen LogP contribution in [-0.4, -0.2) is 34.3 Å². The lowest BCUT2D eigenvalue weighted by atomic mass is 10.0. The average molecular weight is 365 g/mol. The minimum Gasteiger partial charge on any atom is -0.494 e. The zero-order valence-electron chi connectivity index (χ0n) is 13.9. The molecule has 0 saturated carbocycles. The van der Waals surface area contributed by atoms with Crippen LogP contribution in [0.4, 0.5) is 5.69 Å². The summed E-state index contributed by atoms with van der Waals surface area (Å²) in [5.41, 5.74) is 3.11. The molecule has 4 nitrogen and oxygen atoms in total. The molecule has 24 heavy (non-hydrogen) atoms. The van der Waals surface area contributed by atoms with Crippen LogP contribution in [0.3, 0.4) is 0 Å². The fourth-order valence-electron chi connectivity index (χ4n) is 3.00. The van der Waals surface area contributed by atoms with Crippen molar-refractivity contribution in [3.63, 3.8) is 0 Å². The second-order valence-corrected chi connectivity index (χ2v) is 7.84. The average Bonchev–Trinajstić information content (AvgIpc) is 2.85. The van der Waals surface area contributed by atoms with E-state index in [0.29, 0.717) is 16.3 Å². The largest absolute Gasteiger partial charge is 0.494 e. The van der Waals surface area contributed by atoms with Crippen molar-refractivity contribution in [3.8, 4) is 17.4 Å². The van der Waals surface area contributed by atoms with Gasteiger partial charge in [0.15, 0.2) is 0 Å². The number of benzene rings is 1. The lowest BCUT2D eigenvalue weighted by molar-refractivity contribution is 0.400. The minimum atomic E-state index is 0.0739. The SMILES string of the molecule is CCPCN(C)c1cc(-n2c(O)c3c(c2O)CCC=C3)ccc1Cl. The number of anilines is 1. The van der Waals surface area contributed by atoms with E-state index in [4.69, 9.17) is 11.6 Å². The molecule has 0 spiro atoms. The van der Waals surface area contributed by atoms with Crippen molar-refractivity contribution in [2.45, 2.75) is 19.8 Å². The summed E-state index contributed by atoms with van der Waals surface area (Å²) in [6.45, 7) is 2.16. The molecule has 1 heterocycles. The van der Waals surface area contributed by atoms with Crippen LogP contribution in [0, 0.1) is 0 Å². The summed E-state index contributed by atoms with van der Waals surface area (Å²) in [4.78, 5) is 2.12. The van der Waals surface area contributed by atoms with Gasteiger partial charge in [0.1, 0.15) is 0 Å². The van der Waals surface area contributed by atoms with Crippen LogP contribution in [-0.2, 0) is 6.42 Å². The molecular formula is C18H22ClN2O2P. The zero-order valence-corrected chi connectivity index (χ0v) is 15.6. The summed E-state index contributed by atoms with van der Waals surface area (Å²) in [7, 11) is 2.85. The fourth-order valence-corrected chi connectivity index (χ4v) is 3.99. The molecule has 1 aliphatic rings. The lowest BCUT2D eigenvalue weighted by Gasteiger charge is -2.21. The highest BCUT2D eigenvalue weighted by molar-refractivity contribution is 7.38. The number of aromatic nitrogens is 1. The Hall–Kier alpha value is -1.64. The van der Waals surface area contributed by atoms with Crippen LogP contribution < -0.4 is 4.90 Å². The highest BCUT2D eigenvalue weighted by atomic mass is 35.5. The number of allylic oxidation sites excluding steroid dienone is 1. The predicted molar refractivity (Wildman–Crippen MR) is 104 cm³/mol. The van der Waals surface area contributed by atoms with E-state index in [-0.39, 0.29) is 11.8 Å². The maximum Gasteiger partial charge on any atom is 0.206 e. The van der Waals surface area contributed by atoms with Gasteiger partial charge in [-0.2, -0.15) is 0 Å². The van der Waals surface area contributed by atoms with Gasteiger partial charge in [0.2, 0.25) is 11.8 Å². The summed E-state index contributed by atoms with van der Waals surface area (Å²) >= 11 is 6.35. The van der Waals surface area contributed by atoms with Crippen molar-refractivity contribution in [1.29, 1.82) is 0 Å². The Balaban J connectivity index is 2.05. The number of nitrogens with zero attached hydrogens (tertiary/aromatic N) is 2. The number of halogens is 1. The Morgan fingerprint density at radius 1 is 1.29 bits per heavy atom. The van der Waals surface area contributed by atoms with Crippen molar-refractivity contribution in [3.05, 3.63) is 40.4 Å². The van der Waals surface area contributed by atoms with Crippen molar-refractivity contribution >= 4 is 31.9 Å². The van der Waals surface area contributed by atoms with Gasteiger partial charge < -0.3 is 15.1 Å². The molecule has 1 aromatic carbocycles. The van der Waals surface area contributed by atoms with E-state index in [1.807, 2.05) is 37.4 Å². The standard InChI is InChI=1S/C18H22ClN2O2P/c1-3-24-11-20(2)16-10-12(8-9-15(16)19)21-17(22)13-6-4-5-7-14(13)18(21)23/h4,6,8-10,22-24H,3,5,7,11H2,1-2H3. The van der Waals surface area contributed by atoms with Crippen molar-refractivity contribution in [2.24, 2.45) is 0 Å². The molecule has 0 radical (unpaired) electrons. The molecule has 0 bridgehead atoms. The number of hydrogen-bond acceptors (Lipinski definition) is 3. The van der Waals surface area contributed by atoms with Crippen molar-refractivity contribution in [1.82, 2.24) is 4.57 Å². The summed E-state index contributed by atoms with van der Waals surface area (Å²) in [6.07, 6.45) is 7.56. The molecule has 0 saturated heterocycles. The second kappa shape index (κ2) is 7.08. The number of aromatic hydroxyl groups is 2. The summed E-state index contributed by atoms with van der Waals surface area (Å²) in [5, 5.41) is 21.8. The third kappa shape index (κ3) is 3.01. The van der Waals surface area contributed by atoms with Crippen LogP contribution in [0.5, 0.6) is 11.8 Å². The topological polar surface area (TPSA) is 48.6 Å². The molecule has 3 rings (SSSR count). The van der Waals surface area contributed by atoms with Crippen LogP contribution in [0.25, 0.3) is 11.8 Å². The molecule has 0 amide bonds. The molecule has 1 atom stereocenters. The minimum absolute atomic E-state index is 0.0739. The van der Waals surface area contributed by atoms with Gasteiger partial charge in [-0.25, -0.2) is 0 Å².